The minimum atomic E-state index is -2.81. The van der Waals surface area contributed by atoms with Gasteiger partial charge < -0.3 is 24.6 Å². The zero-order valence-electron chi connectivity index (χ0n) is 23.5. The van der Waals surface area contributed by atoms with Gasteiger partial charge in [0, 0.05) is 57.5 Å². The summed E-state index contributed by atoms with van der Waals surface area (Å²) in [5.41, 5.74) is 0.964. The van der Waals surface area contributed by atoms with E-state index in [4.69, 9.17) is 9.47 Å². The van der Waals surface area contributed by atoms with Gasteiger partial charge in [0.2, 0.25) is 23.6 Å². The summed E-state index contributed by atoms with van der Waals surface area (Å²) in [7, 11) is 0. The van der Waals surface area contributed by atoms with Crippen molar-refractivity contribution in [3.8, 4) is 11.7 Å². The number of fused-ring (bicyclic) bond motifs is 1. The van der Waals surface area contributed by atoms with Crippen LogP contribution in [0.4, 0.5) is 14.7 Å². The lowest BCUT2D eigenvalue weighted by molar-refractivity contribution is -0.134. The third-order valence-corrected chi connectivity index (χ3v) is 8.31. The maximum absolute atomic E-state index is 14.1. The van der Waals surface area contributed by atoms with Crippen LogP contribution in [0.3, 0.4) is 0 Å². The molecule has 2 atom stereocenters. The van der Waals surface area contributed by atoms with E-state index in [-0.39, 0.29) is 41.6 Å². The lowest BCUT2D eigenvalue weighted by Gasteiger charge is -2.31. The summed E-state index contributed by atoms with van der Waals surface area (Å²) in [6.07, 6.45) is 0.405. The summed E-state index contributed by atoms with van der Waals surface area (Å²) < 4.78 is 41.4. The van der Waals surface area contributed by atoms with Gasteiger partial charge >= 0.3 is 0 Å². The van der Waals surface area contributed by atoms with Crippen molar-refractivity contribution in [3.05, 3.63) is 36.2 Å². The van der Waals surface area contributed by atoms with Gasteiger partial charge in [-0.2, -0.15) is 9.97 Å². The number of halogens is 2. The first-order chi connectivity index (χ1) is 20.4. The van der Waals surface area contributed by atoms with Crippen molar-refractivity contribution in [3.63, 3.8) is 0 Å². The lowest BCUT2D eigenvalue weighted by Crippen LogP contribution is -2.44. The highest BCUT2D eigenvalue weighted by molar-refractivity contribution is 5.80. The van der Waals surface area contributed by atoms with Crippen molar-refractivity contribution in [1.29, 1.82) is 0 Å². The summed E-state index contributed by atoms with van der Waals surface area (Å²) >= 11 is 0. The van der Waals surface area contributed by atoms with E-state index in [1.54, 1.807) is 42.2 Å². The number of carbonyl (C=O) groups excluding carboxylic acids is 2. The molecule has 3 aliphatic rings. The van der Waals surface area contributed by atoms with E-state index < -0.39 is 12.2 Å². The number of hydrogen-bond acceptors (Lipinski definition) is 8. The van der Waals surface area contributed by atoms with E-state index in [1.807, 2.05) is 4.90 Å². The van der Waals surface area contributed by atoms with Gasteiger partial charge in [-0.05, 0) is 37.8 Å². The van der Waals surface area contributed by atoms with Crippen LogP contribution in [0.5, 0.6) is 5.88 Å². The number of imidazole rings is 1. The number of morpholine rings is 1. The second-order valence-corrected chi connectivity index (χ2v) is 11.1. The van der Waals surface area contributed by atoms with Gasteiger partial charge in [-0.15, -0.1) is 0 Å². The Kier molecular flexibility index (Phi) is 8.18. The topological polar surface area (TPSA) is 115 Å². The average Bonchev–Trinajstić information content (AvgIpc) is 3.62. The van der Waals surface area contributed by atoms with Crippen LogP contribution in [0, 0.1) is 5.92 Å². The Bertz CT molecular complexity index is 1440. The Morgan fingerprint density at radius 1 is 1.02 bits per heavy atom. The van der Waals surface area contributed by atoms with E-state index in [9.17, 15) is 18.4 Å². The number of alkyl halides is 2. The predicted octanol–water partition coefficient (Wildman–Crippen LogP) is 3.26. The fourth-order valence-electron chi connectivity index (χ4n) is 6.04. The normalized spacial score (nSPS) is 21.7. The highest BCUT2D eigenvalue weighted by atomic mass is 19.3. The van der Waals surface area contributed by atoms with Crippen LogP contribution < -0.4 is 15.0 Å². The van der Waals surface area contributed by atoms with Crippen molar-refractivity contribution in [1.82, 2.24) is 29.7 Å². The van der Waals surface area contributed by atoms with Crippen molar-refractivity contribution < 1.29 is 27.8 Å². The molecule has 2 amide bonds. The monoisotopic (exact) mass is 583 g/mol. The van der Waals surface area contributed by atoms with Crippen molar-refractivity contribution in [2.75, 3.05) is 44.3 Å². The minimum Gasteiger partial charge on any atom is -0.474 e. The first kappa shape index (κ1) is 28.3. The van der Waals surface area contributed by atoms with Crippen molar-refractivity contribution in [2.45, 2.75) is 57.6 Å². The van der Waals surface area contributed by atoms with Gasteiger partial charge in [-0.3, -0.25) is 14.2 Å². The maximum atomic E-state index is 14.1. The zero-order chi connectivity index (χ0) is 29.2. The fourth-order valence-corrected chi connectivity index (χ4v) is 6.04. The summed E-state index contributed by atoms with van der Waals surface area (Å²) in [6.45, 7) is 4.92. The Balaban J connectivity index is 1.20. The number of hydrogen-bond donors (Lipinski definition) is 1. The Labute approximate surface area is 242 Å². The average molecular weight is 584 g/mol. The highest BCUT2D eigenvalue weighted by Gasteiger charge is 2.32. The number of piperidine rings is 1. The molecule has 0 radical (unpaired) electrons. The van der Waals surface area contributed by atoms with Gasteiger partial charge in [0.05, 0.1) is 24.2 Å². The number of rotatable bonds is 7. The standard InChI is InChI=1S/C29H35F2N7O4/c1-18(39)36-10-8-19(9-11-36)28(40)32-20-6-7-21(16-20)42-25-17-24(34-29(35-25)37-12-14-41-15-13-37)38-23-5-3-2-4-22(23)33-27(38)26(30)31/h2-5,17,19-21,26H,6-16H2,1H3,(H,32,40)/t20-,21-/m0/s1. The van der Waals surface area contributed by atoms with Crippen LogP contribution in [0.15, 0.2) is 30.3 Å². The Morgan fingerprint density at radius 3 is 2.52 bits per heavy atom. The molecule has 1 saturated carbocycles. The van der Waals surface area contributed by atoms with Crippen LogP contribution in [-0.2, 0) is 14.3 Å². The SMILES string of the molecule is CC(=O)N1CCC(C(=O)N[C@H]2CC[C@H](Oc3cc(-n4c(C(F)F)nc5ccccc54)nc(N4CCOCC4)n3)C2)CC1. The number of aromatic nitrogens is 4. The summed E-state index contributed by atoms with van der Waals surface area (Å²) in [5.74, 6) is 0.485. The van der Waals surface area contributed by atoms with E-state index in [0.29, 0.717) is 75.6 Å². The Hall–Kier alpha value is -3.87. The third kappa shape index (κ3) is 6.01. The summed E-state index contributed by atoms with van der Waals surface area (Å²) in [4.78, 5) is 41.8. The largest absolute Gasteiger partial charge is 0.474 e. The first-order valence-electron chi connectivity index (χ1n) is 14.6. The second-order valence-electron chi connectivity index (χ2n) is 11.1. The van der Waals surface area contributed by atoms with E-state index in [2.05, 4.69) is 20.3 Å². The molecule has 4 heterocycles. The number of anilines is 1. The molecule has 42 heavy (non-hydrogen) atoms. The predicted molar refractivity (Wildman–Crippen MR) is 150 cm³/mol. The van der Waals surface area contributed by atoms with Crippen LogP contribution in [0.1, 0.15) is 51.3 Å². The molecule has 1 aromatic carbocycles. The van der Waals surface area contributed by atoms with Crippen LogP contribution in [-0.4, -0.2) is 87.8 Å². The third-order valence-electron chi connectivity index (χ3n) is 8.31. The summed E-state index contributed by atoms with van der Waals surface area (Å²) in [5, 5.41) is 3.17. The van der Waals surface area contributed by atoms with E-state index >= 15 is 0 Å². The van der Waals surface area contributed by atoms with Crippen molar-refractivity contribution >= 4 is 28.8 Å². The molecule has 3 aromatic rings. The number of amides is 2. The van der Waals surface area contributed by atoms with Gasteiger partial charge in [-0.1, -0.05) is 12.1 Å². The van der Waals surface area contributed by atoms with Crippen LogP contribution in [0.2, 0.25) is 0 Å². The Morgan fingerprint density at radius 2 is 1.79 bits per heavy atom. The van der Waals surface area contributed by atoms with E-state index in [0.717, 1.165) is 12.8 Å². The summed E-state index contributed by atoms with van der Waals surface area (Å²) in [6, 6.07) is 8.51. The molecule has 13 heteroatoms. The molecule has 6 rings (SSSR count). The van der Waals surface area contributed by atoms with Crippen LogP contribution in [0.25, 0.3) is 16.9 Å². The molecule has 3 fully saturated rings. The number of carbonyl (C=O) groups is 2. The first-order valence-corrected chi connectivity index (χ1v) is 14.6. The molecule has 1 aliphatic carbocycles. The second kappa shape index (κ2) is 12.2. The number of likely N-dealkylation sites (tertiary alicyclic amines) is 1. The molecule has 2 aliphatic heterocycles. The number of nitrogens with zero attached hydrogens (tertiary/aromatic N) is 6. The maximum Gasteiger partial charge on any atom is 0.296 e. The molecule has 2 saturated heterocycles. The molecule has 0 unspecified atom stereocenters. The van der Waals surface area contributed by atoms with E-state index in [1.165, 1.54) is 4.57 Å². The van der Waals surface area contributed by atoms with Gasteiger partial charge in [0.25, 0.3) is 6.43 Å². The van der Waals surface area contributed by atoms with Gasteiger partial charge in [0.1, 0.15) is 11.9 Å². The number of ether oxygens (including phenoxy) is 2. The van der Waals surface area contributed by atoms with Crippen molar-refractivity contribution in [2.24, 2.45) is 5.92 Å². The lowest BCUT2D eigenvalue weighted by atomic mass is 9.95. The molecule has 224 valence electrons. The molecule has 0 bridgehead atoms. The van der Waals surface area contributed by atoms with Gasteiger partial charge in [-0.25, -0.2) is 13.8 Å². The molecular weight excluding hydrogens is 548 g/mol. The molecule has 1 N–H and O–H groups in total. The molecule has 0 spiro atoms. The molecule has 2 aromatic heterocycles. The fraction of sp³-hybridized carbons (Fsp3) is 0.552. The number of nitrogens with one attached hydrogen (secondary N) is 1. The smallest absolute Gasteiger partial charge is 0.296 e. The quantitative estimate of drug-likeness (QED) is 0.451. The zero-order valence-corrected chi connectivity index (χ0v) is 23.5. The molecule has 11 nitrogen and oxygen atoms in total. The molecular formula is C29H35F2N7O4. The number of benzene rings is 1. The van der Waals surface area contributed by atoms with Gasteiger partial charge in [0.15, 0.2) is 5.82 Å². The minimum absolute atomic E-state index is 0.0225. The highest BCUT2D eigenvalue weighted by Crippen LogP contribution is 2.31. The number of para-hydroxylation sites is 2. The van der Waals surface area contributed by atoms with Crippen LogP contribution >= 0.6 is 0 Å².